The van der Waals surface area contributed by atoms with E-state index in [4.69, 9.17) is 0 Å². The first-order valence-electron chi connectivity index (χ1n) is 6.61. The van der Waals surface area contributed by atoms with Crippen LogP contribution in [0.4, 0.5) is 5.69 Å². The maximum Gasteiger partial charge on any atom is 0.154 e. The van der Waals surface area contributed by atoms with Gasteiger partial charge in [0.1, 0.15) is 6.07 Å². The molecule has 0 amide bonds. The van der Waals surface area contributed by atoms with E-state index in [2.05, 4.69) is 13.0 Å². The Morgan fingerprint density at radius 3 is 2.85 bits per heavy atom. The molecular formula is C14H18N2O2S2. The molecule has 1 fully saturated rings. The predicted molar refractivity (Wildman–Crippen MR) is 83.0 cm³/mol. The molecule has 1 aromatic carbocycles. The highest BCUT2D eigenvalue weighted by Crippen LogP contribution is 2.32. The zero-order valence-corrected chi connectivity index (χ0v) is 13.3. The first kappa shape index (κ1) is 15.2. The minimum absolute atomic E-state index is 0.0947. The second-order valence-corrected chi connectivity index (χ2v) is 8.39. The van der Waals surface area contributed by atoms with Crippen molar-refractivity contribution in [3.63, 3.8) is 0 Å². The molecule has 1 aliphatic rings. The minimum atomic E-state index is -2.94. The molecule has 0 aliphatic carbocycles. The summed E-state index contributed by atoms with van der Waals surface area (Å²) in [6.45, 7) is 4.41. The molecule has 4 nitrogen and oxygen atoms in total. The van der Waals surface area contributed by atoms with Crippen molar-refractivity contribution in [2.75, 3.05) is 28.7 Å². The van der Waals surface area contributed by atoms with Gasteiger partial charge in [-0.15, -0.1) is 11.8 Å². The smallest absolute Gasteiger partial charge is 0.154 e. The van der Waals surface area contributed by atoms with Crippen LogP contribution in [-0.2, 0) is 9.84 Å². The molecule has 0 N–H and O–H groups in total. The second kappa shape index (κ2) is 6.06. The zero-order valence-electron chi connectivity index (χ0n) is 11.7. The summed E-state index contributed by atoms with van der Waals surface area (Å²) in [5.41, 5.74) is 1.51. The van der Waals surface area contributed by atoms with Gasteiger partial charge in [-0.2, -0.15) is 5.26 Å². The van der Waals surface area contributed by atoms with Crippen molar-refractivity contribution >= 4 is 27.3 Å². The lowest BCUT2D eigenvalue weighted by atomic mass is 10.1. The van der Waals surface area contributed by atoms with Gasteiger partial charge in [0.15, 0.2) is 9.84 Å². The molecule has 0 saturated carbocycles. The number of rotatable bonds is 3. The molecule has 108 valence electrons. The first-order valence-corrected chi connectivity index (χ1v) is 9.42. The van der Waals surface area contributed by atoms with Crippen LogP contribution in [0.5, 0.6) is 0 Å². The predicted octanol–water partition coefficient (Wildman–Crippen LogP) is 2.29. The van der Waals surface area contributed by atoms with Gasteiger partial charge in [-0.1, -0.05) is 13.0 Å². The monoisotopic (exact) mass is 310 g/mol. The van der Waals surface area contributed by atoms with Crippen LogP contribution in [0.3, 0.4) is 0 Å². The van der Waals surface area contributed by atoms with E-state index in [0.717, 1.165) is 16.3 Å². The number of hydrogen-bond acceptors (Lipinski definition) is 5. The number of anilines is 1. The Hall–Kier alpha value is -1.19. The van der Waals surface area contributed by atoms with E-state index in [1.807, 2.05) is 30.0 Å². The van der Waals surface area contributed by atoms with Gasteiger partial charge in [0.25, 0.3) is 0 Å². The van der Waals surface area contributed by atoms with Crippen molar-refractivity contribution in [3.8, 4) is 6.07 Å². The summed E-state index contributed by atoms with van der Waals surface area (Å²) in [4.78, 5) is 3.01. The summed E-state index contributed by atoms with van der Waals surface area (Å²) >= 11 is 1.64. The van der Waals surface area contributed by atoms with Crippen molar-refractivity contribution in [2.45, 2.75) is 24.8 Å². The fourth-order valence-corrected chi connectivity index (χ4v) is 4.84. The Morgan fingerprint density at radius 2 is 2.25 bits per heavy atom. The van der Waals surface area contributed by atoms with Crippen LogP contribution in [-0.4, -0.2) is 38.3 Å². The first-order chi connectivity index (χ1) is 9.48. The molecule has 1 unspecified atom stereocenters. The van der Waals surface area contributed by atoms with Crippen LogP contribution in [0.15, 0.2) is 23.1 Å². The molecule has 20 heavy (non-hydrogen) atoms. The fraction of sp³-hybridized carbons (Fsp3) is 0.500. The molecule has 0 bridgehead atoms. The van der Waals surface area contributed by atoms with Crippen LogP contribution >= 0.6 is 11.8 Å². The van der Waals surface area contributed by atoms with Crippen molar-refractivity contribution in [1.29, 1.82) is 5.26 Å². The molecule has 6 heteroatoms. The lowest BCUT2D eigenvalue weighted by Crippen LogP contribution is -2.47. The zero-order chi connectivity index (χ0) is 14.8. The normalized spacial score (nSPS) is 21.4. The highest BCUT2D eigenvalue weighted by Gasteiger charge is 2.29. The van der Waals surface area contributed by atoms with Crippen LogP contribution < -0.4 is 4.90 Å². The van der Waals surface area contributed by atoms with Crippen molar-refractivity contribution < 1.29 is 8.42 Å². The topological polar surface area (TPSA) is 61.2 Å². The average molecular weight is 310 g/mol. The molecule has 1 aliphatic heterocycles. The van der Waals surface area contributed by atoms with Crippen LogP contribution in [0.25, 0.3) is 0 Å². The molecule has 1 heterocycles. The Bertz CT molecular complexity index is 635. The summed E-state index contributed by atoms with van der Waals surface area (Å²) in [5, 5.41) is 9.44. The molecular weight excluding hydrogens is 292 g/mol. The Kier molecular flexibility index (Phi) is 4.61. The number of thioether (sulfide) groups is 1. The van der Waals surface area contributed by atoms with E-state index in [1.54, 1.807) is 11.8 Å². The van der Waals surface area contributed by atoms with Gasteiger partial charge in [-0.3, -0.25) is 0 Å². The maximum atomic E-state index is 11.7. The van der Waals surface area contributed by atoms with Crippen molar-refractivity contribution in [1.82, 2.24) is 0 Å². The van der Waals surface area contributed by atoms with E-state index in [1.165, 1.54) is 0 Å². The van der Waals surface area contributed by atoms with Gasteiger partial charge in [0.2, 0.25) is 0 Å². The lowest BCUT2D eigenvalue weighted by molar-refractivity contribution is 0.568. The quantitative estimate of drug-likeness (QED) is 0.802. The molecule has 2 rings (SSSR count). The summed E-state index contributed by atoms with van der Waals surface area (Å²) in [5.74, 6) is 1.22. The van der Waals surface area contributed by atoms with E-state index in [-0.39, 0.29) is 17.5 Å². The Labute approximate surface area is 124 Å². The number of hydrogen-bond donors (Lipinski definition) is 0. The van der Waals surface area contributed by atoms with Gasteiger partial charge < -0.3 is 4.90 Å². The minimum Gasteiger partial charge on any atom is -0.366 e. The lowest BCUT2D eigenvalue weighted by Gasteiger charge is -2.35. The SMILES string of the molecule is CCSc1cccc(N2CCS(=O)(=O)CC2C)c1C#N. The summed E-state index contributed by atoms with van der Waals surface area (Å²) in [6.07, 6.45) is 0. The molecule has 0 aromatic heterocycles. The molecule has 1 atom stereocenters. The van der Waals surface area contributed by atoms with Gasteiger partial charge in [0.05, 0.1) is 22.8 Å². The van der Waals surface area contributed by atoms with Gasteiger partial charge in [0, 0.05) is 17.5 Å². The van der Waals surface area contributed by atoms with Gasteiger partial charge in [-0.25, -0.2) is 8.42 Å². The van der Waals surface area contributed by atoms with Crippen molar-refractivity contribution in [2.24, 2.45) is 0 Å². The maximum absolute atomic E-state index is 11.7. The average Bonchev–Trinajstić information content (AvgIpc) is 2.38. The molecule has 1 saturated heterocycles. The molecule has 0 radical (unpaired) electrons. The number of benzene rings is 1. The summed E-state index contributed by atoms with van der Waals surface area (Å²) < 4.78 is 23.3. The third-order valence-corrected chi connectivity index (χ3v) is 6.13. The molecule has 1 aromatic rings. The molecule has 0 spiro atoms. The van der Waals surface area contributed by atoms with Crippen LogP contribution in [0.2, 0.25) is 0 Å². The van der Waals surface area contributed by atoms with E-state index in [0.29, 0.717) is 12.1 Å². The highest BCUT2D eigenvalue weighted by atomic mass is 32.2. The van der Waals surface area contributed by atoms with Gasteiger partial charge >= 0.3 is 0 Å². The standard InChI is InChI=1S/C14H18N2O2S2/c1-3-19-14-6-4-5-13(12(14)9-15)16-7-8-20(17,18)10-11(16)2/h4-6,11H,3,7-8,10H2,1-2H3. The van der Waals surface area contributed by atoms with Crippen LogP contribution in [0, 0.1) is 11.3 Å². The van der Waals surface area contributed by atoms with E-state index >= 15 is 0 Å². The largest absolute Gasteiger partial charge is 0.366 e. The van der Waals surface area contributed by atoms with E-state index < -0.39 is 9.84 Å². The number of nitrogens with zero attached hydrogens (tertiary/aromatic N) is 2. The number of sulfone groups is 1. The van der Waals surface area contributed by atoms with Crippen LogP contribution in [0.1, 0.15) is 19.4 Å². The van der Waals surface area contributed by atoms with Crippen molar-refractivity contribution in [3.05, 3.63) is 23.8 Å². The Balaban J connectivity index is 2.38. The van der Waals surface area contributed by atoms with E-state index in [9.17, 15) is 13.7 Å². The second-order valence-electron chi connectivity index (χ2n) is 4.85. The number of nitriles is 1. The van der Waals surface area contributed by atoms with Gasteiger partial charge in [-0.05, 0) is 24.8 Å². The fourth-order valence-electron chi connectivity index (χ4n) is 2.50. The third kappa shape index (κ3) is 3.10. The highest BCUT2D eigenvalue weighted by molar-refractivity contribution is 7.99. The third-order valence-electron chi connectivity index (χ3n) is 3.40. The summed E-state index contributed by atoms with van der Waals surface area (Å²) in [6, 6.07) is 7.97. The summed E-state index contributed by atoms with van der Waals surface area (Å²) in [7, 11) is -2.94. The Morgan fingerprint density at radius 1 is 1.50 bits per heavy atom.